The standard InChI is InChI=1S/C20H17ClN2O/c21-18-8-4-7-17(13-18)20(24)15-23-11-9-19(10-12-23)22-14-16-5-2-1-3-6-16/h1-13H,14-15H2/p+1. The number of ketones is 1. The van der Waals surface area contributed by atoms with Gasteiger partial charge in [-0.15, -0.1) is 0 Å². The predicted octanol–water partition coefficient (Wildman–Crippen LogP) is 4.12. The van der Waals surface area contributed by atoms with Gasteiger partial charge < -0.3 is 5.32 Å². The van der Waals surface area contributed by atoms with Gasteiger partial charge >= 0.3 is 0 Å². The molecule has 2 aromatic carbocycles. The number of carbonyl (C=O) groups is 1. The quantitative estimate of drug-likeness (QED) is 0.542. The van der Waals surface area contributed by atoms with Gasteiger partial charge in [-0.05, 0) is 17.7 Å². The molecule has 120 valence electrons. The molecule has 0 aliphatic heterocycles. The first kappa shape index (κ1) is 16.2. The average Bonchev–Trinajstić information content (AvgIpc) is 2.62. The minimum atomic E-state index is 0.0347. The molecule has 0 bridgehead atoms. The number of pyridine rings is 1. The molecule has 0 spiro atoms. The number of Topliss-reactive ketones (excluding diaryl/α,β-unsaturated/α-hetero) is 1. The lowest BCUT2D eigenvalue weighted by atomic mass is 10.1. The van der Waals surface area contributed by atoms with Gasteiger partial charge in [0.05, 0.1) is 0 Å². The number of hydrogen-bond donors (Lipinski definition) is 1. The molecule has 4 heteroatoms. The summed E-state index contributed by atoms with van der Waals surface area (Å²) in [6.45, 7) is 1.06. The van der Waals surface area contributed by atoms with Crippen LogP contribution in [0.5, 0.6) is 0 Å². The van der Waals surface area contributed by atoms with Crippen LogP contribution in [0.4, 0.5) is 5.69 Å². The van der Waals surface area contributed by atoms with Crippen LogP contribution in [0, 0.1) is 0 Å². The Morgan fingerprint density at radius 2 is 1.71 bits per heavy atom. The normalized spacial score (nSPS) is 10.4. The summed E-state index contributed by atoms with van der Waals surface area (Å²) in [5.41, 5.74) is 2.87. The van der Waals surface area contributed by atoms with E-state index in [1.807, 2.05) is 47.3 Å². The molecule has 1 N–H and O–H groups in total. The third kappa shape index (κ3) is 4.43. The van der Waals surface area contributed by atoms with Gasteiger partial charge in [-0.25, -0.2) is 0 Å². The Morgan fingerprint density at radius 1 is 0.958 bits per heavy atom. The first-order chi connectivity index (χ1) is 11.7. The molecule has 3 nitrogen and oxygen atoms in total. The third-order valence-corrected chi connectivity index (χ3v) is 3.94. The molecule has 0 aliphatic carbocycles. The first-order valence-corrected chi connectivity index (χ1v) is 8.14. The summed E-state index contributed by atoms with van der Waals surface area (Å²) in [6.07, 6.45) is 3.80. The van der Waals surface area contributed by atoms with Crippen LogP contribution in [0.3, 0.4) is 0 Å². The van der Waals surface area contributed by atoms with Crippen LogP contribution < -0.4 is 9.88 Å². The number of hydrogen-bond acceptors (Lipinski definition) is 2. The number of rotatable bonds is 6. The summed E-state index contributed by atoms with van der Waals surface area (Å²) in [5, 5.41) is 3.94. The molecule has 0 saturated carbocycles. The largest absolute Gasteiger partial charge is 0.381 e. The number of aromatic nitrogens is 1. The zero-order valence-corrected chi connectivity index (χ0v) is 13.9. The smallest absolute Gasteiger partial charge is 0.227 e. The minimum Gasteiger partial charge on any atom is -0.381 e. The lowest BCUT2D eigenvalue weighted by Gasteiger charge is -2.05. The van der Waals surface area contributed by atoms with Gasteiger partial charge in [-0.3, -0.25) is 4.79 Å². The van der Waals surface area contributed by atoms with Crippen LogP contribution >= 0.6 is 11.6 Å². The van der Waals surface area contributed by atoms with Gasteiger partial charge in [-0.2, -0.15) is 4.57 Å². The van der Waals surface area contributed by atoms with Crippen LogP contribution in [-0.4, -0.2) is 5.78 Å². The molecule has 3 aromatic rings. The third-order valence-electron chi connectivity index (χ3n) is 3.70. The van der Waals surface area contributed by atoms with Gasteiger partial charge in [0, 0.05) is 35.0 Å². The monoisotopic (exact) mass is 337 g/mol. The molecule has 0 unspecified atom stereocenters. The highest BCUT2D eigenvalue weighted by Crippen LogP contribution is 2.11. The first-order valence-electron chi connectivity index (χ1n) is 7.76. The van der Waals surface area contributed by atoms with E-state index in [0.717, 1.165) is 12.2 Å². The van der Waals surface area contributed by atoms with Gasteiger partial charge in [0.1, 0.15) is 0 Å². The van der Waals surface area contributed by atoms with Crippen LogP contribution in [0.1, 0.15) is 15.9 Å². The molecule has 0 fully saturated rings. The summed E-state index contributed by atoms with van der Waals surface area (Å²) < 4.78 is 1.86. The number of benzene rings is 2. The van der Waals surface area contributed by atoms with E-state index in [-0.39, 0.29) is 5.78 Å². The molecule has 1 aromatic heterocycles. The zero-order chi connectivity index (χ0) is 16.8. The summed E-state index contributed by atoms with van der Waals surface area (Å²) in [4.78, 5) is 12.3. The van der Waals surface area contributed by atoms with Crippen molar-refractivity contribution in [2.75, 3.05) is 5.32 Å². The maximum atomic E-state index is 12.3. The number of halogens is 1. The van der Waals surface area contributed by atoms with E-state index in [1.54, 1.807) is 24.3 Å². The lowest BCUT2D eigenvalue weighted by Crippen LogP contribution is -2.37. The lowest BCUT2D eigenvalue weighted by molar-refractivity contribution is -0.683. The molecule has 1 heterocycles. The average molecular weight is 338 g/mol. The fourth-order valence-electron chi connectivity index (χ4n) is 2.40. The van der Waals surface area contributed by atoms with Crippen molar-refractivity contribution >= 4 is 23.1 Å². The predicted molar refractivity (Wildman–Crippen MR) is 96.2 cm³/mol. The number of carbonyl (C=O) groups excluding carboxylic acids is 1. The van der Waals surface area contributed by atoms with E-state index in [2.05, 4.69) is 17.4 Å². The second-order valence-corrected chi connectivity index (χ2v) is 5.97. The molecule has 24 heavy (non-hydrogen) atoms. The van der Waals surface area contributed by atoms with Crippen molar-refractivity contribution < 1.29 is 9.36 Å². The molecule has 0 atom stereocenters. The van der Waals surface area contributed by atoms with Crippen LogP contribution in [0.2, 0.25) is 5.02 Å². The van der Waals surface area contributed by atoms with Gasteiger partial charge in [0.2, 0.25) is 12.3 Å². The Balaban J connectivity index is 1.59. The van der Waals surface area contributed by atoms with Crippen molar-refractivity contribution in [1.82, 2.24) is 0 Å². The van der Waals surface area contributed by atoms with Gasteiger partial charge in [-0.1, -0.05) is 54.1 Å². The van der Waals surface area contributed by atoms with Crippen molar-refractivity contribution in [2.24, 2.45) is 0 Å². The van der Waals surface area contributed by atoms with Gasteiger partial charge in [0.25, 0.3) is 0 Å². The Labute approximate surface area is 146 Å². The Hall–Kier alpha value is -2.65. The highest BCUT2D eigenvalue weighted by Gasteiger charge is 2.12. The van der Waals surface area contributed by atoms with Crippen molar-refractivity contribution in [3.05, 3.63) is 95.3 Å². The SMILES string of the molecule is O=C(C[n+]1ccc(NCc2ccccc2)cc1)c1cccc(Cl)c1. The number of nitrogens with one attached hydrogen (secondary N) is 1. The van der Waals surface area contributed by atoms with E-state index in [9.17, 15) is 4.79 Å². The van der Waals surface area contributed by atoms with E-state index in [0.29, 0.717) is 17.1 Å². The number of anilines is 1. The molecular weight excluding hydrogens is 320 g/mol. The molecule has 0 saturated heterocycles. The van der Waals surface area contributed by atoms with E-state index in [4.69, 9.17) is 11.6 Å². The van der Waals surface area contributed by atoms with E-state index in [1.165, 1.54) is 5.56 Å². The van der Waals surface area contributed by atoms with Crippen LogP contribution in [0.25, 0.3) is 0 Å². The minimum absolute atomic E-state index is 0.0347. The Bertz CT molecular complexity index is 817. The highest BCUT2D eigenvalue weighted by atomic mass is 35.5. The second kappa shape index (κ2) is 7.75. The Kier molecular flexibility index (Phi) is 5.24. The summed E-state index contributed by atoms with van der Waals surface area (Å²) in [6, 6.07) is 21.2. The van der Waals surface area contributed by atoms with Crippen LogP contribution in [-0.2, 0) is 13.1 Å². The Morgan fingerprint density at radius 3 is 2.42 bits per heavy atom. The summed E-state index contributed by atoms with van der Waals surface area (Å²) in [7, 11) is 0. The summed E-state index contributed by atoms with van der Waals surface area (Å²) in [5.74, 6) is 0.0347. The fourth-order valence-corrected chi connectivity index (χ4v) is 2.59. The highest BCUT2D eigenvalue weighted by molar-refractivity contribution is 6.30. The summed E-state index contributed by atoms with van der Waals surface area (Å²) >= 11 is 5.93. The van der Waals surface area contributed by atoms with Crippen molar-refractivity contribution in [3.63, 3.8) is 0 Å². The number of nitrogens with zero attached hydrogens (tertiary/aromatic N) is 1. The molecule has 3 rings (SSSR count). The topological polar surface area (TPSA) is 33.0 Å². The van der Waals surface area contributed by atoms with Crippen molar-refractivity contribution in [2.45, 2.75) is 13.1 Å². The fraction of sp³-hybridized carbons (Fsp3) is 0.100. The van der Waals surface area contributed by atoms with Crippen molar-refractivity contribution in [3.8, 4) is 0 Å². The molecule has 0 amide bonds. The molecule has 0 radical (unpaired) electrons. The molecular formula is C20H18ClN2O+. The molecule has 0 aliphatic rings. The van der Waals surface area contributed by atoms with Crippen molar-refractivity contribution in [1.29, 1.82) is 0 Å². The van der Waals surface area contributed by atoms with E-state index < -0.39 is 0 Å². The second-order valence-electron chi connectivity index (χ2n) is 5.53. The zero-order valence-electron chi connectivity index (χ0n) is 13.2. The van der Waals surface area contributed by atoms with E-state index >= 15 is 0 Å². The maximum Gasteiger partial charge on any atom is 0.227 e. The van der Waals surface area contributed by atoms with Crippen LogP contribution in [0.15, 0.2) is 79.1 Å². The maximum absolute atomic E-state index is 12.3. The van der Waals surface area contributed by atoms with Gasteiger partial charge in [0.15, 0.2) is 12.4 Å².